The van der Waals surface area contributed by atoms with Crippen molar-refractivity contribution >= 4 is 35.1 Å². The smallest absolute Gasteiger partial charge is 0.305 e. The molecular formula is C14H17ClO3S. The van der Waals surface area contributed by atoms with Crippen LogP contribution in [0.25, 0.3) is 0 Å². The SMILES string of the molecule is CCOC(=O)CCCC(=O)c1ccc(SC)cc1Cl. The lowest BCUT2D eigenvalue weighted by molar-refractivity contribution is -0.143. The van der Waals surface area contributed by atoms with Crippen molar-refractivity contribution in [3.8, 4) is 0 Å². The summed E-state index contributed by atoms with van der Waals surface area (Å²) < 4.78 is 4.80. The van der Waals surface area contributed by atoms with E-state index in [4.69, 9.17) is 16.3 Å². The topological polar surface area (TPSA) is 43.4 Å². The van der Waals surface area contributed by atoms with Gasteiger partial charge in [0.2, 0.25) is 0 Å². The van der Waals surface area contributed by atoms with Gasteiger partial charge in [0.25, 0.3) is 0 Å². The predicted octanol–water partition coefficient (Wildman–Crippen LogP) is 3.98. The summed E-state index contributed by atoms with van der Waals surface area (Å²) in [6.07, 6.45) is 3.00. The zero-order valence-electron chi connectivity index (χ0n) is 11.1. The summed E-state index contributed by atoms with van der Waals surface area (Å²) in [4.78, 5) is 24.1. The molecule has 0 amide bonds. The van der Waals surface area contributed by atoms with E-state index in [1.165, 1.54) is 0 Å². The van der Waals surface area contributed by atoms with Crippen molar-refractivity contribution in [1.29, 1.82) is 0 Å². The molecule has 104 valence electrons. The summed E-state index contributed by atoms with van der Waals surface area (Å²) in [5.74, 6) is -0.305. The summed E-state index contributed by atoms with van der Waals surface area (Å²) in [5.41, 5.74) is 0.517. The molecule has 5 heteroatoms. The van der Waals surface area contributed by atoms with E-state index in [0.29, 0.717) is 30.0 Å². The second-order valence-electron chi connectivity index (χ2n) is 3.93. The third-order valence-electron chi connectivity index (χ3n) is 2.57. The molecule has 0 N–H and O–H groups in total. The van der Waals surface area contributed by atoms with E-state index in [9.17, 15) is 9.59 Å². The van der Waals surface area contributed by atoms with Gasteiger partial charge in [0.15, 0.2) is 5.78 Å². The number of Topliss-reactive ketones (excluding diaryl/α,β-unsaturated/α-hetero) is 1. The Balaban J connectivity index is 2.52. The molecule has 0 aliphatic carbocycles. The Kier molecular flexibility index (Phi) is 6.95. The van der Waals surface area contributed by atoms with Gasteiger partial charge < -0.3 is 4.74 Å². The number of carbonyl (C=O) groups is 2. The van der Waals surface area contributed by atoms with Crippen LogP contribution in [0.1, 0.15) is 36.5 Å². The molecule has 1 aromatic rings. The average molecular weight is 301 g/mol. The Hall–Kier alpha value is -1.000. The lowest BCUT2D eigenvalue weighted by atomic mass is 10.1. The number of carbonyl (C=O) groups excluding carboxylic acids is 2. The van der Waals surface area contributed by atoms with Crippen LogP contribution in [0.15, 0.2) is 23.1 Å². The maximum atomic E-state index is 12.0. The number of ketones is 1. The van der Waals surface area contributed by atoms with Gasteiger partial charge in [0, 0.05) is 23.3 Å². The Morgan fingerprint density at radius 2 is 2.05 bits per heavy atom. The second-order valence-corrected chi connectivity index (χ2v) is 5.21. The largest absolute Gasteiger partial charge is 0.466 e. The van der Waals surface area contributed by atoms with Crippen LogP contribution in [-0.4, -0.2) is 24.6 Å². The fourth-order valence-corrected chi connectivity index (χ4v) is 2.40. The summed E-state index contributed by atoms with van der Waals surface area (Å²) in [7, 11) is 0. The maximum Gasteiger partial charge on any atom is 0.305 e. The lowest BCUT2D eigenvalue weighted by Gasteiger charge is -2.05. The Bertz CT molecular complexity index is 460. The van der Waals surface area contributed by atoms with Crippen molar-refractivity contribution in [3.05, 3.63) is 28.8 Å². The predicted molar refractivity (Wildman–Crippen MR) is 78.0 cm³/mol. The Labute approximate surface area is 122 Å². The fourth-order valence-electron chi connectivity index (χ4n) is 1.61. The first-order valence-electron chi connectivity index (χ1n) is 6.10. The van der Waals surface area contributed by atoms with E-state index in [1.807, 2.05) is 12.3 Å². The van der Waals surface area contributed by atoms with Gasteiger partial charge in [-0.1, -0.05) is 11.6 Å². The van der Waals surface area contributed by atoms with Gasteiger partial charge in [-0.2, -0.15) is 0 Å². The molecule has 0 radical (unpaired) electrons. The highest BCUT2D eigenvalue weighted by Crippen LogP contribution is 2.24. The van der Waals surface area contributed by atoms with Crippen LogP contribution >= 0.6 is 23.4 Å². The van der Waals surface area contributed by atoms with Crippen molar-refractivity contribution < 1.29 is 14.3 Å². The number of halogens is 1. The lowest BCUT2D eigenvalue weighted by Crippen LogP contribution is -2.06. The quantitative estimate of drug-likeness (QED) is 0.434. The number of hydrogen-bond acceptors (Lipinski definition) is 4. The Morgan fingerprint density at radius 1 is 1.32 bits per heavy atom. The fraction of sp³-hybridized carbons (Fsp3) is 0.429. The minimum Gasteiger partial charge on any atom is -0.466 e. The summed E-state index contributed by atoms with van der Waals surface area (Å²) in [5, 5.41) is 0.466. The highest BCUT2D eigenvalue weighted by atomic mass is 35.5. The van der Waals surface area contributed by atoms with E-state index >= 15 is 0 Å². The molecule has 0 atom stereocenters. The molecule has 0 unspecified atom stereocenters. The van der Waals surface area contributed by atoms with Crippen molar-refractivity contribution in [3.63, 3.8) is 0 Å². The molecule has 0 heterocycles. The van der Waals surface area contributed by atoms with E-state index in [2.05, 4.69) is 0 Å². The highest BCUT2D eigenvalue weighted by molar-refractivity contribution is 7.98. The number of ether oxygens (including phenoxy) is 1. The molecule has 0 aliphatic heterocycles. The first-order valence-corrected chi connectivity index (χ1v) is 7.71. The van der Waals surface area contributed by atoms with E-state index in [0.717, 1.165) is 4.90 Å². The first kappa shape index (κ1) is 16.1. The molecule has 19 heavy (non-hydrogen) atoms. The van der Waals surface area contributed by atoms with Crippen molar-refractivity contribution in [2.24, 2.45) is 0 Å². The number of rotatable bonds is 7. The normalized spacial score (nSPS) is 10.3. The third-order valence-corrected chi connectivity index (χ3v) is 3.60. The van der Waals surface area contributed by atoms with Gasteiger partial charge in [-0.25, -0.2) is 0 Å². The standard InChI is InChI=1S/C14H17ClO3S/c1-3-18-14(17)6-4-5-13(16)11-8-7-10(19-2)9-12(11)15/h7-9H,3-6H2,1-2H3. The van der Waals surface area contributed by atoms with E-state index in [1.54, 1.807) is 30.8 Å². The maximum absolute atomic E-state index is 12.0. The summed E-state index contributed by atoms with van der Waals surface area (Å²) in [6.45, 7) is 2.13. The molecule has 0 saturated heterocycles. The number of hydrogen-bond donors (Lipinski definition) is 0. The molecule has 0 aliphatic rings. The molecule has 3 nitrogen and oxygen atoms in total. The number of esters is 1. The first-order chi connectivity index (χ1) is 9.08. The number of benzene rings is 1. The van der Waals surface area contributed by atoms with Gasteiger partial charge in [-0.05, 0) is 37.8 Å². The van der Waals surface area contributed by atoms with Crippen LogP contribution in [0.2, 0.25) is 5.02 Å². The molecule has 1 rings (SSSR count). The molecule has 0 bridgehead atoms. The molecule has 0 fully saturated rings. The summed E-state index contributed by atoms with van der Waals surface area (Å²) >= 11 is 7.64. The van der Waals surface area contributed by atoms with Crippen LogP contribution in [0.5, 0.6) is 0 Å². The second kappa shape index (κ2) is 8.23. The summed E-state index contributed by atoms with van der Waals surface area (Å²) in [6, 6.07) is 5.39. The van der Waals surface area contributed by atoms with E-state index in [-0.39, 0.29) is 18.2 Å². The zero-order chi connectivity index (χ0) is 14.3. The minimum absolute atomic E-state index is 0.0399. The third kappa shape index (κ3) is 5.25. The number of thioether (sulfide) groups is 1. The van der Waals surface area contributed by atoms with Crippen LogP contribution in [0.4, 0.5) is 0 Å². The Morgan fingerprint density at radius 3 is 2.63 bits per heavy atom. The van der Waals surface area contributed by atoms with Gasteiger partial charge in [-0.3, -0.25) is 9.59 Å². The highest BCUT2D eigenvalue weighted by Gasteiger charge is 2.12. The van der Waals surface area contributed by atoms with Gasteiger partial charge >= 0.3 is 5.97 Å². The van der Waals surface area contributed by atoms with Gasteiger partial charge in [0.1, 0.15) is 0 Å². The molecule has 0 spiro atoms. The molecule has 0 saturated carbocycles. The van der Waals surface area contributed by atoms with E-state index < -0.39 is 0 Å². The van der Waals surface area contributed by atoms with Crippen molar-refractivity contribution in [2.75, 3.05) is 12.9 Å². The van der Waals surface area contributed by atoms with Gasteiger partial charge in [-0.15, -0.1) is 11.8 Å². The molecule has 1 aromatic carbocycles. The monoisotopic (exact) mass is 300 g/mol. The van der Waals surface area contributed by atoms with Crippen LogP contribution < -0.4 is 0 Å². The van der Waals surface area contributed by atoms with Crippen LogP contribution in [0.3, 0.4) is 0 Å². The van der Waals surface area contributed by atoms with Crippen molar-refractivity contribution in [1.82, 2.24) is 0 Å². The minimum atomic E-state index is -0.265. The molecular weight excluding hydrogens is 284 g/mol. The van der Waals surface area contributed by atoms with Crippen LogP contribution in [-0.2, 0) is 9.53 Å². The average Bonchev–Trinajstić information content (AvgIpc) is 2.38. The zero-order valence-corrected chi connectivity index (χ0v) is 12.6. The van der Waals surface area contributed by atoms with Crippen molar-refractivity contribution in [2.45, 2.75) is 31.1 Å². The van der Waals surface area contributed by atoms with Crippen LogP contribution in [0, 0.1) is 0 Å². The molecule has 0 aromatic heterocycles. The van der Waals surface area contributed by atoms with Gasteiger partial charge in [0.05, 0.1) is 11.6 Å².